The van der Waals surface area contributed by atoms with E-state index in [9.17, 15) is 19.7 Å². The van der Waals surface area contributed by atoms with Crippen molar-refractivity contribution < 1.29 is 19.6 Å². The second-order valence-electron chi connectivity index (χ2n) is 4.49. The lowest BCUT2D eigenvalue weighted by Gasteiger charge is -2.25. The molecule has 0 fully saturated rings. The maximum absolute atomic E-state index is 12.0. The Morgan fingerprint density at radius 2 is 2.16 bits per heavy atom. The van der Waals surface area contributed by atoms with Gasteiger partial charge in [0.25, 0.3) is 0 Å². The van der Waals surface area contributed by atoms with Crippen LogP contribution in [0.1, 0.15) is 20.8 Å². The highest BCUT2D eigenvalue weighted by Gasteiger charge is 2.33. The molecular formula is C10H14N4O5. The van der Waals surface area contributed by atoms with Crippen molar-refractivity contribution in [3.8, 4) is 0 Å². The Kier molecular flexibility index (Phi) is 3.88. The number of amides is 1. The SMILES string of the molecule is CC(NC(=O)C(C)(C)n1cc([N+](=O)[O-])cn1)C(=O)O. The summed E-state index contributed by atoms with van der Waals surface area (Å²) in [6.45, 7) is 4.28. The standard InChI is InChI=1S/C10H14N4O5/c1-6(8(15)16)12-9(17)10(2,3)13-5-7(4-11-13)14(18)19/h4-6H,1-3H3,(H,12,17)(H,15,16). The lowest BCUT2D eigenvalue weighted by molar-refractivity contribution is -0.385. The monoisotopic (exact) mass is 270 g/mol. The number of aromatic nitrogens is 2. The molecule has 104 valence electrons. The summed E-state index contributed by atoms with van der Waals surface area (Å²) in [7, 11) is 0. The van der Waals surface area contributed by atoms with Crippen molar-refractivity contribution >= 4 is 17.6 Å². The molecule has 19 heavy (non-hydrogen) atoms. The fourth-order valence-electron chi connectivity index (χ4n) is 1.25. The normalized spacial score (nSPS) is 12.8. The number of carboxylic acid groups (broad SMARTS) is 1. The molecule has 1 amide bonds. The zero-order valence-corrected chi connectivity index (χ0v) is 10.7. The first-order valence-corrected chi connectivity index (χ1v) is 5.39. The second kappa shape index (κ2) is 5.04. The number of nitro groups is 1. The Bertz CT molecular complexity index is 522. The molecule has 2 N–H and O–H groups in total. The van der Waals surface area contributed by atoms with Crippen LogP contribution >= 0.6 is 0 Å². The highest BCUT2D eigenvalue weighted by Crippen LogP contribution is 2.18. The van der Waals surface area contributed by atoms with Gasteiger partial charge >= 0.3 is 11.7 Å². The van der Waals surface area contributed by atoms with Crippen LogP contribution < -0.4 is 5.32 Å². The van der Waals surface area contributed by atoms with Gasteiger partial charge < -0.3 is 10.4 Å². The molecule has 1 rings (SSSR count). The number of carboxylic acids is 1. The van der Waals surface area contributed by atoms with Gasteiger partial charge in [-0.25, -0.2) is 0 Å². The van der Waals surface area contributed by atoms with Gasteiger partial charge in [0, 0.05) is 0 Å². The molecule has 1 atom stereocenters. The first-order chi connectivity index (χ1) is 8.66. The average Bonchev–Trinajstić information content (AvgIpc) is 2.78. The third-order valence-electron chi connectivity index (χ3n) is 2.63. The molecule has 1 aromatic rings. The number of rotatable bonds is 5. The predicted octanol–water partition coefficient (Wildman–Crippen LogP) is 0.116. The van der Waals surface area contributed by atoms with E-state index in [1.165, 1.54) is 20.8 Å². The zero-order valence-electron chi connectivity index (χ0n) is 10.7. The molecule has 1 unspecified atom stereocenters. The van der Waals surface area contributed by atoms with Crippen molar-refractivity contribution in [2.75, 3.05) is 0 Å². The zero-order chi connectivity index (χ0) is 14.8. The Hall–Kier alpha value is -2.45. The van der Waals surface area contributed by atoms with Crippen molar-refractivity contribution in [3.63, 3.8) is 0 Å². The van der Waals surface area contributed by atoms with E-state index in [0.717, 1.165) is 17.1 Å². The summed E-state index contributed by atoms with van der Waals surface area (Å²) in [5.74, 6) is -1.77. The van der Waals surface area contributed by atoms with Crippen LogP contribution in [0.15, 0.2) is 12.4 Å². The van der Waals surface area contributed by atoms with Crippen LogP contribution in [-0.4, -0.2) is 37.7 Å². The minimum Gasteiger partial charge on any atom is -0.480 e. The van der Waals surface area contributed by atoms with Gasteiger partial charge in [-0.1, -0.05) is 0 Å². The summed E-state index contributed by atoms with van der Waals surface area (Å²) in [6.07, 6.45) is 2.14. The Morgan fingerprint density at radius 3 is 2.58 bits per heavy atom. The molecule has 0 aliphatic carbocycles. The third kappa shape index (κ3) is 3.06. The van der Waals surface area contributed by atoms with Crippen LogP contribution in [0.2, 0.25) is 0 Å². The van der Waals surface area contributed by atoms with Crippen molar-refractivity contribution in [1.29, 1.82) is 0 Å². The van der Waals surface area contributed by atoms with E-state index >= 15 is 0 Å². The van der Waals surface area contributed by atoms with Gasteiger partial charge in [0.05, 0.1) is 4.92 Å². The minimum atomic E-state index is -1.24. The molecule has 9 heteroatoms. The average molecular weight is 270 g/mol. The highest BCUT2D eigenvalue weighted by molar-refractivity contribution is 5.87. The lowest BCUT2D eigenvalue weighted by Crippen LogP contribution is -2.49. The van der Waals surface area contributed by atoms with Crippen LogP contribution in [0.3, 0.4) is 0 Å². The number of carbonyl (C=O) groups is 2. The lowest BCUT2D eigenvalue weighted by atomic mass is 10.0. The number of nitrogens with one attached hydrogen (secondary N) is 1. The molecular weight excluding hydrogens is 256 g/mol. The largest absolute Gasteiger partial charge is 0.480 e. The second-order valence-corrected chi connectivity index (χ2v) is 4.49. The van der Waals surface area contributed by atoms with Crippen LogP contribution in [0.5, 0.6) is 0 Å². The number of carbonyl (C=O) groups excluding carboxylic acids is 1. The molecule has 0 radical (unpaired) electrons. The number of hydrogen-bond acceptors (Lipinski definition) is 5. The topological polar surface area (TPSA) is 127 Å². The van der Waals surface area contributed by atoms with Crippen molar-refractivity contribution in [2.45, 2.75) is 32.4 Å². The molecule has 0 saturated carbocycles. The molecule has 0 aliphatic heterocycles. The molecule has 1 heterocycles. The van der Waals surface area contributed by atoms with E-state index in [4.69, 9.17) is 5.11 Å². The molecule has 0 aliphatic rings. The maximum atomic E-state index is 12.0. The number of nitrogens with zero attached hydrogens (tertiary/aromatic N) is 3. The van der Waals surface area contributed by atoms with Gasteiger partial charge in [-0.15, -0.1) is 0 Å². The highest BCUT2D eigenvalue weighted by atomic mass is 16.6. The van der Waals surface area contributed by atoms with Gasteiger partial charge in [-0.05, 0) is 20.8 Å². The summed E-state index contributed by atoms with van der Waals surface area (Å²) in [5.41, 5.74) is -1.48. The van der Waals surface area contributed by atoms with E-state index in [0.29, 0.717) is 0 Å². The molecule has 0 aromatic carbocycles. The summed E-state index contributed by atoms with van der Waals surface area (Å²) in [6, 6.07) is -1.06. The third-order valence-corrected chi connectivity index (χ3v) is 2.63. The quantitative estimate of drug-likeness (QED) is 0.577. The van der Waals surface area contributed by atoms with E-state index in [2.05, 4.69) is 10.4 Å². The van der Waals surface area contributed by atoms with E-state index in [-0.39, 0.29) is 5.69 Å². The van der Waals surface area contributed by atoms with Gasteiger partial charge in [0.2, 0.25) is 5.91 Å². The molecule has 1 aromatic heterocycles. The summed E-state index contributed by atoms with van der Waals surface area (Å²) < 4.78 is 1.12. The van der Waals surface area contributed by atoms with E-state index < -0.39 is 28.4 Å². The number of aliphatic carboxylic acids is 1. The fourth-order valence-corrected chi connectivity index (χ4v) is 1.25. The van der Waals surface area contributed by atoms with Crippen LogP contribution in [-0.2, 0) is 15.1 Å². The fraction of sp³-hybridized carbons (Fsp3) is 0.500. The van der Waals surface area contributed by atoms with Gasteiger partial charge in [-0.2, -0.15) is 5.10 Å². The smallest absolute Gasteiger partial charge is 0.325 e. The molecule has 9 nitrogen and oxygen atoms in total. The predicted molar refractivity (Wildman–Crippen MR) is 63.4 cm³/mol. The van der Waals surface area contributed by atoms with E-state index in [1.807, 2.05) is 0 Å². The molecule has 0 spiro atoms. The molecule has 0 saturated heterocycles. The van der Waals surface area contributed by atoms with Gasteiger partial charge in [0.1, 0.15) is 24.0 Å². The summed E-state index contributed by atoms with van der Waals surface area (Å²) in [5, 5.41) is 25.3. The van der Waals surface area contributed by atoms with Gasteiger partial charge in [-0.3, -0.25) is 24.4 Å². The van der Waals surface area contributed by atoms with Crippen molar-refractivity contribution in [3.05, 3.63) is 22.5 Å². The summed E-state index contributed by atoms with van der Waals surface area (Å²) in [4.78, 5) is 32.5. The Morgan fingerprint density at radius 1 is 1.58 bits per heavy atom. The van der Waals surface area contributed by atoms with Crippen LogP contribution in [0.25, 0.3) is 0 Å². The van der Waals surface area contributed by atoms with Crippen LogP contribution in [0, 0.1) is 10.1 Å². The maximum Gasteiger partial charge on any atom is 0.325 e. The minimum absolute atomic E-state index is 0.243. The van der Waals surface area contributed by atoms with Crippen LogP contribution in [0.4, 0.5) is 5.69 Å². The molecule has 0 bridgehead atoms. The number of hydrogen-bond donors (Lipinski definition) is 2. The van der Waals surface area contributed by atoms with E-state index in [1.54, 1.807) is 0 Å². The van der Waals surface area contributed by atoms with Gasteiger partial charge in [0.15, 0.2) is 0 Å². The van der Waals surface area contributed by atoms with Crippen molar-refractivity contribution in [2.24, 2.45) is 0 Å². The van der Waals surface area contributed by atoms with Crippen molar-refractivity contribution in [1.82, 2.24) is 15.1 Å². The first kappa shape index (κ1) is 14.6. The Labute approximate surface area is 108 Å². The Balaban J connectivity index is 2.92. The summed E-state index contributed by atoms with van der Waals surface area (Å²) >= 11 is 0. The first-order valence-electron chi connectivity index (χ1n) is 5.39.